The predicted octanol–water partition coefficient (Wildman–Crippen LogP) is 5.86. The quantitative estimate of drug-likeness (QED) is 0.389. The molecule has 1 aromatic heterocycles. The van der Waals surface area contributed by atoms with Gasteiger partial charge in [0.2, 0.25) is 5.88 Å². The first-order valence-corrected chi connectivity index (χ1v) is 13.6. The largest absolute Gasteiger partial charge is 0.439 e. The van der Waals surface area contributed by atoms with Crippen molar-refractivity contribution in [1.82, 2.24) is 10.3 Å². The Morgan fingerprint density at radius 2 is 1.69 bits per heavy atom. The van der Waals surface area contributed by atoms with E-state index in [9.17, 15) is 13.2 Å². The monoisotopic (exact) mass is 493 g/mol. The summed E-state index contributed by atoms with van der Waals surface area (Å²) in [4.78, 5) is 16.4. The molecule has 1 heterocycles. The van der Waals surface area contributed by atoms with Crippen LogP contribution in [0, 0.1) is 0 Å². The molecule has 35 heavy (non-hydrogen) atoms. The fourth-order valence-corrected chi connectivity index (χ4v) is 5.26. The molecule has 3 aromatic rings. The van der Waals surface area contributed by atoms with Crippen molar-refractivity contribution in [2.45, 2.75) is 56.3 Å². The van der Waals surface area contributed by atoms with E-state index in [1.54, 1.807) is 48.5 Å². The van der Waals surface area contributed by atoms with Crippen LogP contribution >= 0.6 is 0 Å². The maximum absolute atomic E-state index is 12.8. The van der Waals surface area contributed by atoms with Crippen molar-refractivity contribution in [3.05, 3.63) is 78.0 Å². The first-order chi connectivity index (χ1) is 16.9. The number of hydrogen-bond acceptors (Lipinski definition) is 5. The second-order valence-corrected chi connectivity index (χ2v) is 10.5. The minimum atomic E-state index is -3.69. The number of amides is 1. The predicted molar refractivity (Wildman–Crippen MR) is 136 cm³/mol. The lowest BCUT2D eigenvalue weighted by atomic mass is 9.84. The fourth-order valence-electron chi connectivity index (χ4n) is 4.20. The minimum Gasteiger partial charge on any atom is -0.439 e. The molecule has 0 unspecified atom stereocenters. The molecule has 1 aliphatic carbocycles. The second-order valence-electron chi connectivity index (χ2n) is 8.78. The van der Waals surface area contributed by atoms with E-state index in [4.69, 9.17) is 4.74 Å². The van der Waals surface area contributed by atoms with Crippen molar-refractivity contribution in [3.8, 4) is 11.6 Å². The van der Waals surface area contributed by atoms with Gasteiger partial charge in [-0.05, 0) is 73.2 Å². The number of hydrogen-bond donors (Lipinski definition) is 2. The summed E-state index contributed by atoms with van der Waals surface area (Å²) < 4.78 is 34.0. The lowest BCUT2D eigenvalue weighted by Gasteiger charge is -2.22. The molecule has 184 valence electrons. The molecule has 2 N–H and O–H groups in total. The standard InChI is InChI=1S/C27H31N3O4S/c1-2-18-28-27(31)22-10-17-26(29-19-22)34-24-13-11-23(12-14-24)30-35(32,33)25-15-8-21(9-16-25)20-6-4-3-5-7-20/h8-17,19-20,30H,2-7,18H2,1H3,(H,28,31). The van der Waals surface area contributed by atoms with E-state index < -0.39 is 10.0 Å². The highest BCUT2D eigenvalue weighted by atomic mass is 32.2. The van der Waals surface area contributed by atoms with E-state index >= 15 is 0 Å². The summed E-state index contributed by atoms with van der Waals surface area (Å²) in [5.41, 5.74) is 2.11. The summed E-state index contributed by atoms with van der Waals surface area (Å²) in [6, 6.07) is 17.1. The van der Waals surface area contributed by atoms with Crippen LogP contribution in [0.15, 0.2) is 71.8 Å². The Kier molecular flexibility index (Phi) is 8.02. The van der Waals surface area contributed by atoms with Crippen LogP contribution in [-0.2, 0) is 10.0 Å². The third-order valence-corrected chi connectivity index (χ3v) is 7.53. The average Bonchev–Trinajstić information content (AvgIpc) is 2.89. The van der Waals surface area contributed by atoms with Gasteiger partial charge in [-0.3, -0.25) is 9.52 Å². The summed E-state index contributed by atoms with van der Waals surface area (Å²) in [5.74, 6) is 1.19. The molecular formula is C27H31N3O4S. The molecule has 1 amide bonds. The summed E-state index contributed by atoms with van der Waals surface area (Å²) in [6.45, 7) is 2.60. The highest BCUT2D eigenvalue weighted by Gasteiger charge is 2.18. The molecule has 0 spiro atoms. The van der Waals surface area contributed by atoms with Crippen LogP contribution in [0.3, 0.4) is 0 Å². The molecule has 2 aromatic carbocycles. The molecule has 0 aliphatic heterocycles. The number of benzene rings is 2. The van der Waals surface area contributed by atoms with E-state index in [0.29, 0.717) is 35.3 Å². The molecular weight excluding hydrogens is 462 g/mol. The zero-order chi connectivity index (χ0) is 24.7. The number of aromatic nitrogens is 1. The summed E-state index contributed by atoms with van der Waals surface area (Å²) in [7, 11) is -3.69. The maximum Gasteiger partial charge on any atom is 0.261 e. The Labute approximate surface area is 207 Å². The number of sulfonamides is 1. The van der Waals surface area contributed by atoms with Gasteiger partial charge in [-0.1, -0.05) is 38.3 Å². The Morgan fingerprint density at radius 3 is 2.31 bits per heavy atom. The number of carbonyl (C=O) groups excluding carboxylic acids is 1. The molecule has 0 atom stereocenters. The number of rotatable bonds is 9. The Bertz CT molecular complexity index is 1220. The molecule has 0 saturated heterocycles. The first-order valence-electron chi connectivity index (χ1n) is 12.1. The Hall–Kier alpha value is -3.39. The third-order valence-electron chi connectivity index (χ3n) is 6.13. The number of carbonyl (C=O) groups is 1. The SMILES string of the molecule is CCCNC(=O)c1ccc(Oc2ccc(NS(=O)(=O)c3ccc(C4CCCCC4)cc3)cc2)nc1. The second kappa shape index (κ2) is 11.4. The maximum atomic E-state index is 12.8. The number of ether oxygens (including phenoxy) is 1. The fraction of sp³-hybridized carbons (Fsp3) is 0.333. The number of nitrogens with zero attached hydrogens (tertiary/aromatic N) is 1. The minimum absolute atomic E-state index is 0.175. The van der Waals surface area contributed by atoms with Gasteiger partial charge in [0.05, 0.1) is 10.5 Å². The zero-order valence-electron chi connectivity index (χ0n) is 19.9. The lowest BCUT2D eigenvalue weighted by molar-refractivity contribution is 0.0953. The van der Waals surface area contributed by atoms with Gasteiger partial charge < -0.3 is 10.1 Å². The molecule has 1 aliphatic rings. The van der Waals surface area contributed by atoms with Gasteiger partial charge in [0.25, 0.3) is 15.9 Å². The molecule has 0 radical (unpaired) electrons. The van der Waals surface area contributed by atoms with Crippen molar-refractivity contribution in [2.75, 3.05) is 11.3 Å². The van der Waals surface area contributed by atoms with Crippen molar-refractivity contribution in [3.63, 3.8) is 0 Å². The molecule has 7 nitrogen and oxygen atoms in total. The highest BCUT2D eigenvalue weighted by Crippen LogP contribution is 2.33. The average molecular weight is 494 g/mol. The molecule has 1 fully saturated rings. The highest BCUT2D eigenvalue weighted by molar-refractivity contribution is 7.92. The van der Waals surface area contributed by atoms with Gasteiger partial charge in [0.1, 0.15) is 5.75 Å². The number of nitrogens with one attached hydrogen (secondary N) is 2. The van der Waals surface area contributed by atoms with E-state index in [1.807, 2.05) is 19.1 Å². The Balaban J connectivity index is 1.35. The molecule has 8 heteroatoms. The zero-order valence-corrected chi connectivity index (χ0v) is 20.7. The van der Waals surface area contributed by atoms with Gasteiger partial charge in [0.15, 0.2) is 0 Å². The first kappa shape index (κ1) is 24.7. The van der Waals surface area contributed by atoms with E-state index in [0.717, 1.165) is 6.42 Å². The number of pyridine rings is 1. The van der Waals surface area contributed by atoms with E-state index in [-0.39, 0.29) is 10.8 Å². The van der Waals surface area contributed by atoms with E-state index in [2.05, 4.69) is 15.0 Å². The summed E-state index contributed by atoms with van der Waals surface area (Å²) >= 11 is 0. The van der Waals surface area contributed by atoms with Crippen molar-refractivity contribution < 1.29 is 17.9 Å². The van der Waals surface area contributed by atoms with Crippen molar-refractivity contribution in [2.24, 2.45) is 0 Å². The third kappa shape index (κ3) is 6.60. The topological polar surface area (TPSA) is 97.4 Å². The summed E-state index contributed by atoms with van der Waals surface area (Å²) in [5, 5.41) is 2.80. The van der Waals surface area contributed by atoms with Crippen LogP contribution in [0.5, 0.6) is 11.6 Å². The van der Waals surface area contributed by atoms with Gasteiger partial charge in [-0.2, -0.15) is 0 Å². The molecule has 4 rings (SSSR count). The van der Waals surface area contributed by atoms with Crippen molar-refractivity contribution >= 4 is 21.6 Å². The number of anilines is 1. The van der Waals surface area contributed by atoms with Crippen LogP contribution in [0.4, 0.5) is 5.69 Å². The van der Waals surface area contributed by atoms with Gasteiger partial charge >= 0.3 is 0 Å². The van der Waals surface area contributed by atoms with Crippen LogP contribution in [0.2, 0.25) is 0 Å². The lowest BCUT2D eigenvalue weighted by Crippen LogP contribution is -2.23. The normalized spacial score (nSPS) is 14.3. The van der Waals surface area contributed by atoms with Gasteiger partial charge in [-0.25, -0.2) is 13.4 Å². The molecule has 0 bridgehead atoms. The Morgan fingerprint density at radius 1 is 0.971 bits per heavy atom. The van der Waals surface area contributed by atoms with Gasteiger partial charge in [-0.15, -0.1) is 0 Å². The van der Waals surface area contributed by atoms with Crippen molar-refractivity contribution in [1.29, 1.82) is 0 Å². The van der Waals surface area contributed by atoms with E-state index in [1.165, 1.54) is 43.9 Å². The van der Waals surface area contributed by atoms with Crippen LogP contribution < -0.4 is 14.8 Å². The summed E-state index contributed by atoms with van der Waals surface area (Å²) in [6.07, 6.45) is 8.44. The van der Waals surface area contributed by atoms with Crippen LogP contribution in [0.25, 0.3) is 0 Å². The van der Waals surface area contributed by atoms with Crippen LogP contribution in [-0.4, -0.2) is 25.9 Å². The van der Waals surface area contributed by atoms with Crippen LogP contribution in [0.1, 0.15) is 67.3 Å². The molecule has 1 saturated carbocycles. The van der Waals surface area contributed by atoms with Gasteiger partial charge in [0, 0.05) is 24.5 Å². The smallest absolute Gasteiger partial charge is 0.261 e.